The van der Waals surface area contributed by atoms with Crippen molar-refractivity contribution in [3.63, 3.8) is 0 Å². The molecule has 0 saturated carbocycles. The van der Waals surface area contributed by atoms with Crippen molar-refractivity contribution in [3.8, 4) is 0 Å². The minimum Gasteiger partial charge on any atom is -0.204 e. The van der Waals surface area contributed by atoms with Gasteiger partial charge in [-0.25, -0.2) is 11.6 Å². The molecule has 0 amide bonds. The summed E-state index contributed by atoms with van der Waals surface area (Å²) < 4.78 is 0. The van der Waals surface area contributed by atoms with Crippen molar-refractivity contribution in [2.24, 2.45) is 0 Å². The van der Waals surface area contributed by atoms with E-state index in [4.69, 9.17) is 0 Å². The van der Waals surface area contributed by atoms with E-state index in [1.165, 1.54) is 18.5 Å². The Morgan fingerprint density at radius 1 is 1.50 bits per heavy atom. The van der Waals surface area contributed by atoms with Crippen LogP contribution in [-0.4, -0.2) is 11.7 Å². The fourth-order valence-corrected chi connectivity index (χ4v) is 1.94. The van der Waals surface area contributed by atoms with Gasteiger partial charge in [-0.2, -0.15) is 0 Å². The Hall–Kier alpha value is -0.105. The first kappa shape index (κ1) is 8.00. The van der Waals surface area contributed by atoms with Crippen LogP contribution in [0.25, 0.3) is 0 Å². The van der Waals surface area contributed by atoms with E-state index in [2.05, 4.69) is 42.7 Å². The molecule has 0 aromatic carbocycles. The molecule has 0 atom stereocenters. The van der Waals surface area contributed by atoms with Gasteiger partial charge in [0.25, 0.3) is 0 Å². The van der Waals surface area contributed by atoms with E-state index < -0.39 is 0 Å². The van der Waals surface area contributed by atoms with E-state index in [-0.39, 0.29) is 0 Å². The number of hydrogen-bond acceptors (Lipinski definition) is 1. The van der Waals surface area contributed by atoms with Crippen molar-refractivity contribution in [1.82, 2.24) is 0 Å². The van der Waals surface area contributed by atoms with Crippen LogP contribution < -0.4 is 0 Å². The third-order valence-corrected chi connectivity index (χ3v) is 2.90. The standard InChI is InChI=1S/C8H13BS/c1-2-8-10-9-6-4-3-5-7-9/h3-6H,2,7-8H2,1H3. The van der Waals surface area contributed by atoms with Crippen molar-refractivity contribution in [2.75, 3.05) is 5.75 Å². The quantitative estimate of drug-likeness (QED) is 0.560. The van der Waals surface area contributed by atoms with Crippen molar-refractivity contribution in [3.05, 3.63) is 24.2 Å². The molecule has 1 aliphatic heterocycles. The molecule has 0 aliphatic carbocycles. The summed E-state index contributed by atoms with van der Waals surface area (Å²) >= 11 is 2.06. The normalized spacial score (nSPS) is 16.3. The highest BCUT2D eigenvalue weighted by molar-refractivity contribution is 8.26. The van der Waals surface area contributed by atoms with Crippen LogP contribution in [0.4, 0.5) is 0 Å². The summed E-state index contributed by atoms with van der Waals surface area (Å²) in [6.45, 7) is 2.23. The lowest BCUT2D eigenvalue weighted by Crippen LogP contribution is -2.05. The third-order valence-electron chi connectivity index (χ3n) is 1.48. The van der Waals surface area contributed by atoms with Crippen LogP contribution in [0.5, 0.6) is 0 Å². The molecule has 1 heterocycles. The Labute approximate surface area is 67.8 Å². The van der Waals surface area contributed by atoms with Gasteiger partial charge in [-0.3, -0.25) is 0 Å². The Bertz CT molecular complexity index is 140. The topological polar surface area (TPSA) is 0 Å². The molecule has 0 unspecified atom stereocenters. The van der Waals surface area contributed by atoms with E-state index >= 15 is 0 Å². The molecule has 0 radical (unpaired) electrons. The molecule has 0 fully saturated rings. The number of allylic oxidation sites excluding steroid dienone is 3. The summed E-state index contributed by atoms with van der Waals surface area (Å²) in [5, 5.41) is 0. The van der Waals surface area contributed by atoms with Crippen LogP contribution in [0.2, 0.25) is 6.32 Å². The van der Waals surface area contributed by atoms with Crippen molar-refractivity contribution in [1.29, 1.82) is 0 Å². The molecule has 0 saturated heterocycles. The van der Waals surface area contributed by atoms with Gasteiger partial charge in [0, 0.05) is 0 Å². The summed E-state index contributed by atoms with van der Waals surface area (Å²) in [6.07, 6.45) is 9.03. The Morgan fingerprint density at radius 3 is 3.00 bits per heavy atom. The van der Waals surface area contributed by atoms with Gasteiger partial charge in [-0.1, -0.05) is 25.2 Å². The summed E-state index contributed by atoms with van der Waals surface area (Å²) in [6, 6.07) is 0. The average Bonchev–Trinajstić information content (AvgIpc) is 2.03. The fraction of sp³-hybridized carbons (Fsp3) is 0.500. The molecule has 0 aromatic rings. The second kappa shape index (κ2) is 4.67. The van der Waals surface area contributed by atoms with Gasteiger partial charge in [0.2, 0.25) is 5.99 Å². The van der Waals surface area contributed by atoms with Crippen LogP contribution in [0.15, 0.2) is 24.2 Å². The highest BCUT2D eigenvalue weighted by atomic mass is 32.2. The molecule has 0 N–H and O–H groups in total. The van der Waals surface area contributed by atoms with E-state index in [1.54, 1.807) is 0 Å². The second-order valence-electron chi connectivity index (χ2n) is 2.46. The zero-order valence-corrected chi connectivity index (χ0v) is 7.23. The average molecular weight is 152 g/mol. The second-order valence-corrected chi connectivity index (χ2v) is 3.81. The molecule has 1 aliphatic rings. The van der Waals surface area contributed by atoms with Crippen LogP contribution in [0.1, 0.15) is 13.3 Å². The van der Waals surface area contributed by atoms with E-state index in [0.717, 1.165) is 5.99 Å². The fourth-order valence-electron chi connectivity index (χ4n) is 0.951. The number of rotatable bonds is 3. The molecular weight excluding hydrogens is 139 g/mol. The van der Waals surface area contributed by atoms with Gasteiger partial charge in [-0.15, -0.1) is 5.98 Å². The Morgan fingerprint density at radius 2 is 2.40 bits per heavy atom. The summed E-state index contributed by atoms with van der Waals surface area (Å²) in [5.74, 6) is 4.34. The largest absolute Gasteiger partial charge is 0.238 e. The molecule has 54 valence electrons. The Kier molecular flexibility index (Phi) is 3.73. The first-order valence-corrected chi connectivity index (χ1v) is 4.93. The molecule has 0 aromatic heterocycles. The van der Waals surface area contributed by atoms with Gasteiger partial charge in [0.05, 0.1) is 0 Å². The first-order valence-electron chi connectivity index (χ1n) is 3.88. The Balaban J connectivity index is 2.17. The van der Waals surface area contributed by atoms with Gasteiger partial charge in [0.1, 0.15) is 0 Å². The zero-order valence-electron chi connectivity index (χ0n) is 6.42. The van der Waals surface area contributed by atoms with Gasteiger partial charge in [0.15, 0.2) is 0 Å². The van der Waals surface area contributed by atoms with Crippen LogP contribution in [0, 0.1) is 0 Å². The van der Waals surface area contributed by atoms with E-state index in [9.17, 15) is 0 Å². The molecular formula is C8H13BS. The summed E-state index contributed by atoms with van der Waals surface area (Å²) in [4.78, 5) is 0. The van der Waals surface area contributed by atoms with Crippen molar-refractivity contribution >= 4 is 17.6 Å². The molecule has 1 rings (SSSR count). The SMILES string of the molecule is CCCSB1C=CC=CC1. The smallest absolute Gasteiger partial charge is 0.204 e. The number of hydrogen-bond donors (Lipinski definition) is 0. The predicted octanol–water partition coefficient (Wildman–Crippen LogP) is 2.79. The van der Waals surface area contributed by atoms with Crippen molar-refractivity contribution in [2.45, 2.75) is 19.7 Å². The monoisotopic (exact) mass is 152 g/mol. The molecule has 0 nitrogen and oxygen atoms in total. The molecule has 2 heteroatoms. The summed E-state index contributed by atoms with van der Waals surface area (Å²) in [7, 11) is 0. The molecule has 10 heavy (non-hydrogen) atoms. The van der Waals surface area contributed by atoms with Crippen LogP contribution in [0.3, 0.4) is 0 Å². The van der Waals surface area contributed by atoms with Crippen LogP contribution >= 0.6 is 11.6 Å². The third kappa shape index (κ3) is 2.65. The van der Waals surface area contributed by atoms with E-state index in [1.807, 2.05) is 0 Å². The minimum absolute atomic E-state index is 0.755. The maximum absolute atomic E-state index is 2.29. The lowest BCUT2D eigenvalue weighted by molar-refractivity contribution is 1.11. The van der Waals surface area contributed by atoms with Crippen LogP contribution in [-0.2, 0) is 0 Å². The minimum atomic E-state index is 0.755. The van der Waals surface area contributed by atoms with Crippen molar-refractivity contribution < 1.29 is 0 Å². The highest BCUT2D eigenvalue weighted by Gasteiger charge is 2.08. The van der Waals surface area contributed by atoms with Gasteiger partial charge >= 0.3 is 0 Å². The van der Waals surface area contributed by atoms with E-state index in [0.29, 0.717) is 0 Å². The maximum Gasteiger partial charge on any atom is 0.238 e. The lowest BCUT2D eigenvalue weighted by atomic mass is 9.70. The zero-order chi connectivity index (χ0) is 7.23. The first-order chi connectivity index (χ1) is 4.93. The maximum atomic E-state index is 2.29. The predicted molar refractivity (Wildman–Crippen MR) is 51.6 cm³/mol. The highest BCUT2D eigenvalue weighted by Crippen LogP contribution is 2.16. The molecule has 0 bridgehead atoms. The van der Waals surface area contributed by atoms with Gasteiger partial charge < -0.3 is 0 Å². The van der Waals surface area contributed by atoms with Gasteiger partial charge in [-0.05, 0) is 18.5 Å². The molecule has 0 spiro atoms. The lowest BCUT2D eigenvalue weighted by Gasteiger charge is -2.06. The summed E-state index contributed by atoms with van der Waals surface area (Å²) in [5.41, 5.74) is 0.